The van der Waals surface area contributed by atoms with E-state index in [9.17, 15) is 9.90 Å². The maximum absolute atomic E-state index is 12.3. The van der Waals surface area contributed by atoms with E-state index in [0.717, 1.165) is 22.1 Å². The monoisotopic (exact) mass is 330 g/mol. The second-order valence-corrected chi connectivity index (χ2v) is 6.53. The molecule has 2 amide bonds. The first kappa shape index (κ1) is 18.1. The number of nitrogens with one attached hydrogen (secondary N) is 1. The molecule has 0 aromatic heterocycles. The number of methoxy groups -OCH3 is 1. The van der Waals surface area contributed by atoms with Gasteiger partial charge in [0.1, 0.15) is 5.75 Å². The van der Waals surface area contributed by atoms with Crippen molar-refractivity contribution in [3.63, 3.8) is 0 Å². The fraction of sp³-hybridized carbons (Fsp3) is 0.421. The van der Waals surface area contributed by atoms with Crippen LogP contribution >= 0.6 is 0 Å². The van der Waals surface area contributed by atoms with Gasteiger partial charge in [-0.2, -0.15) is 0 Å². The molecule has 0 atom stereocenters. The summed E-state index contributed by atoms with van der Waals surface area (Å²) < 4.78 is 5.23. The van der Waals surface area contributed by atoms with Gasteiger partial charge in [0.05, 0.1) is 19.3 Å². The Kier molecular flexibility index (Phi) is 5.67. The summed E-state index contributed by atoms with van der Waals surface area (Å²) in [5, 5.41) is 15.0. The minimum Gasteiger partial charge on any atom is -0.497 e. The number of nitrogens with zero attached hydrogens (tertiary/aromatic N) is 1. The quantitative estimate of drug-likeness (QED) is 0.855. The Labute approximate surface area is 143 Å². The second kappa shape index (κ2) is 7.53. The predicted octanol–water partition coefficient (Wildman–Crippen LogP) is 3.15. The number of urea groups is 1. The number of likely N-dealkylation sites (N-methyl/N-ethyl adjacent to an activating group) is 1. The molecule has 5 nitrogen and oxygen atoms in total. The molecule has 2 aromatic rings. The second-order valence-electron chi connectivity index (χ2n) is 6.53. The van der Waals surface area contributed by atoms with E-state index in [4.69, 9.17) is 4.74 Å². The number of rotatable bonds is 6. The van der Waals surface area contributed by atoms with E-state index in [-0.39, 0.29) is 6.03 Å². The lowest BCUT2D eigenvalue weighted by molar-refractivity contribution is 0.0480. The number of hydrogen-bond donors (Lipinski definition) is 2. The number of fused-ring (bicyclic) bond motifs is 1. The standard InChI is InChI=1S/C19H26N2O3/c1-5-21(13-19(2,3)23)18(22)20-12-14-6-7-16-11-17(24-4)9-8-15(16)10-14/h6-11,23H,5,12-13H2,1-4H3,(H,20,22). The van der Waals surface area contributed by atoms with Gasteiger partial charge in [0.15, 0.2) is 0 Å². The van der Waals surface area contributed by atoms with Crippen LogP contribution in [0.4, 0.5) is 4.79 Å². The zero-order valence-electron chi connectivity index (χ0n) is 14.8. The zero-order valence-corrected chi connectivity index (χ0v) is 14.8. The van der Waals surface area contributed by atoms with Crippen molar-refractivity contribution in [2.24, 2.45) is 0 Å². The molecule has 0 saturated heterocycles. The largest absolute Gasteiger partial charge is 0.497 e. The molecule has 0 saturated carbocycles. The lowest BCUT2D eigenvalue weighted by Gasteiger charge is -2.28. The van der Waals surface area contributed by atoms with Crippen LogP contribution in [-0.4, -0.2) is 41.8 Å². The fourth-order valence-electron chi connectivity index (χ4n) is 2.59. The average Bonchev–Trinajstić information content (AvgIpc) is 2.56. The summed E-state index contributed by atoms with van der Waals surface area (Å²) in [6, 6.07) is 11.8. The molecule has 2 N–H and O–H groups in total. The maximum atomic E-state index is 12.3. The number of aliphatic hydroxyl groups is 1. The molecule has 0 spiro atoms. The van der Waals surface area contributed by atoms with Crippen molar-refractivity contribution in [3.05, 3.63) is 42.0 Å². The highest BCUT2D eigenvalue weighted by molar-refractivity contribution is 5.84. The molecule has 0 bridgehead atoms. The molecule has 0 fully saturated rings. The van der Waals surface area contributed by atoms with Crippen molar-refractivity contribution < 1.29 is 14.6 Å². The molecule has 0 heterocycles. The fourth-order valence-corrected chi connectivity index (χ4v) is 2.59. The molecule has 24 heavy (non-hydrogen) atoms. The van der Waals surface area contributed by atoms with Crippen molar-refractivity contribution in [3.8, 4) is 5.75 Å². The summed E-state index contributed by atoms with van der Waals surface area (Å²) in [7, 11) is 1.65. The van der Waals surface area contributed by atoms with Crippen molar-refractivity contribution in [1.82, 2.24) is 10.2 Å². The molecule has 0 aliphatic carbocycles. The summed E-state index contributed by atoms with van der Waals surface area (Å²) in [6.45, 7) is 6.58. The molecule has 0 aliphatic rings. The number of amides is 2. The number of benzene rings is 2. The van der Waals surface area contributed by atoms with Gasteiger partial charge in [-0.3, -0.25) is 0 Å². The van der Waals surface area contributed by atoms with Crippen molar-refractivity contribution in [2.45, 2.75) is 32.9 Å². The number of carbonyl (C=O) groups is 1. The van der Waals surface area contributed by atoms with Crippen LogP contribution in [0, 0.1) is 0 Å². The van der Waals surface area contributed by atoms with Crippen LogP contribution in [-0.2, 0) is 6.54 Å². The molecule has 2 rings (SSSR count). The first-order valence-corrected chi connectivity index (χ1v) is 8.14. The van der Waals surface area contributed by atoms with Crippen molar-refractivity contribution in [1.29, 1.82) is 0 Å². The molecule has 5 heteroatoms. The van der Waals surface area contributed by atoms with E-state index in [1.165, 1.54) is 0 Å². The number of ether oxygens (including phenoxy) is 1. The Morgan fingerprint density at radius 2 is 1.88 bits per heavy atom. The van der Waals surface area contributed by atoms with Crippen LogP contribution in [0.25, 0.3) is 10.8 Å². The molecule has 0 unspecified atom stereocenters. The molecule has 2 aromatic carbocycles. The Hall–Kier alpha value is -2.27. The smallest absolute Gasteiger partial charge is 0.317 e. The van der Waals surface area contributed by atoms with E-state index in [1.54, 1.807) is 25.9 Å². The molecular formula is C19H26N2O3. The summed E-state index contributed by atoms with van der Waals surface area (Å²) in [4.78, 5) is 13.9. The third-order valence-corrected chi connectivity index (χ3v) is 3.80. The van der Waals surface area contributed by atoms with Crippen LogP contribution in [0.2, 0.25) is 0 Å². The summed E-state index contributed by atoms with van der Waals surface area (Å²) >= 11 is 0. The predicted molar refractivity (Wildman–Crippen MR) is 96.3 cm³/mol. The van der Waals surface area contributed by atoms with Crippen LogP contribution < -0.4 is 10.1 Å². The third-order valence-electron chi connectivity index (χ3n) is 3.80. The minimum absolute atomic E-state index is 0.172. The van der Waals surface area contributed by atoms with Crippen LogP contribution in [0.5, 0.6) is 5.75 Å². The van der Waals surface area contributed by atoms with Crippen LogP contribution in [0.1, 0.15) is 26.3 Å². The van der Waals surface area contributed by atoms with Crippen molar-refractivity contribution in [2.75, 3.05) is 20.2 Å². The number of carbonyl (C=O) groups excluding carboxylic acids is 1. The van der Waals surface area contributed by atoms with Gasteiger partial charge in [0.2, 0.25) is 0 Å². The van der Waals surface area contributed by atoms with Gasteiger partial charge in [0, 0.05) is 13.1 Å². The molecule has 0 radical (unpaired) electrons. The van der Waals surface area contributed by atoms with E-state index < -0.39 is 5.60 Å². The Balaban J connectivity index is 2.03. The highest BCUT2D eigenvalue weighted by atomic mass is 16.5. The van der Waals surface area contributed by atoms with E-state index in [1.807, 2.05) is 37.3 Å². The zero-order chi connectivity index (χ0) is 17.7. The maximum Gasteiger partial charge on any atom is 0.317 e. The summed E-state index contributed by atoms with van der Waals surface area (Å²) in [5.41, 5.74) is 0.121. The van der Waals surface area contributed by atoms with Gasteiger partial charge in [-0.15, -0.1) is 0 Å². The summed E-state index contributed by atoms with van der Waals surface area (Å²) in [5.74, 6) is 0.828. The Morgan fingerprint density at radius 1 is 1.21 bits per heavy atom. The van der Waals surface area contributed by atoms with Crippen molar-refractivity contribution >= 4 is 16.8 Å². The molecule has 130 valence electrons. The highest BCUT2D eigenvalue weighted by Gasteiger charge is 2.20. The third kappa shape index (κ3) is 4.86. The lowest BCUT2D eigenvalue weighted by Crippen LogP contribution is -2.46. The SMILES string of the molecule is CCN(CC(C)(C)O)C(=O)NCc1ccc2cc(OC)ccc2c1. The van der Waals surface area contributed by atoms with E-state index in [2.05, 4.69) is 11.4 Å². The average molecular weight is 330 g/mol. The normalized spacial score (nSPS) is 11.4. The first-order chi connectivity index (χ1) is 11.3. The van der Waals surface area contributed by atoms with E-state index in [0.29, 0.717) is 19.6 Å². The van der Waals surface area contributed by atoms with Crippen LogP contribution in [0.15, 0.2) is 36.4 Å². The van der Waals surface area contributed by atoms with Gasteiger partial charge in [0.25, 0.3) is 0 Å². The topological polar surface area (TPSA) is 61.8 Å². The molecule has 0 aliphatic heterocycles. The highest BCUT2D eigenvalue weighted by Crippen LogP contribution is 2.21. The van der Waals surface area contributed by atoms with Gasteiger partial charge in [-0.25, -0.2) is 4.79 Å². The van der Waals surface area contributed by atoms with Gasteiger partial charge >= 0.3 is 6.03 Å². The summed E-state index contributed by atoms with van der Waals surface area (Å²) in [6.07, 6.45) is 0. The lowest BCUT2D eigenvalue weighted by atomic mass is 10.1. The minimum atomic E-state index is -0.907. The van der Waals surface area contributed by atoms with Gasteiger partial charge in [-0.1, -0.05) is 18.2 Å². The first-order valence-electron chi connectivity index (χ1n) is 8.14. The Bertz CT molecular complexity index is 707. The van der Waals surface area contributed by atoms with Gasteiger partial charge in [-0.05, 0) is 55.3 Å². The molecular weight excluding hydrogens is 304 g/mol. The van der Waals surface area contributed by atoms with Gasteiger partial charge < -0.3 is 20.1 Å². The Morgan fingerprint density at radius 3 is 2.50 bits per heavy atom. The van der Waals surface area contributed by atoms with Crippen LogP contribution in [0.3, 0.4) is 0 Å². The van der Waals surface area contributed by atoms with E-state index >= 15 is 0 Å². The number of hydrogen-bond acceptors (Lipinski definition) is 3.